The lowest BCUT2D eigenvalue weighted by Gasteiger charge is -2.24. The summed E-state index contributed by atoms with van der Waals surface area (Å²) in [6.07, 6.45) is 9.91. The van der Waals surface area contributed by atoms with Gasteiger partial charge in [0.15, 0.2) is 0 Å². The third-order valence-corrected chi connectivity index (χ3v) is 6.23. The fourth-order valence-electron chi connectivity index (χ4n) is 3.80. The Balaban J connectivity index is 1.37. The highest BCUT2D eigenvalue weighted by molar-refractivity contribution is 14.1. The number of pyridine rings is 1. The summed E-state index contributed by atoms with van der Waals surface area (Å²) in [5.41, 5.74) is 7.96. The van der Waals surface area contributed by atoms with Crippen LogP contribution in [0.25, 0.3) is 11.0 Å². The van der Waals surface area contributed by atoms with Gasteiger partial charge in [0.2, 0.25) is 5.91 Å². The molecule has 0 spiro atoms. The molecule has 152 valence electrons. The summed E-state index contributed by atoms with van der Waals surface area (Å²) in [6.45, 7) is 0. The molecule has 1 atom stereocenters. The average Bonchev–Trinajstić information content (AvgIpc) is 3.12. The molecule has 0 aliphatic heterocycles. The van der Waals surface area contributed by atoms with E-state index in [1.165, 1.54) is 19.3 Å². The van der Waals surface area contributed by atoms with Crippen LogP contribution in [-0.2, 0) is 11.2 Å². The fraction of sp³-hybridized carbons (Fsp3) is 0.364. The number of hydrogen-bond acceptors (Lipinski definition) is 4. The molecule has 7 heteroatoms. The van der Waals surface area contributed by atoms with Crippen molar-refractivity contribution in [3.63, 3.8) is 0 Å². The maximum atomic E-state index is 12.4. The summed E-state index contributed by atoms with van der Waals surface area (Å²) in [6, 6.07) is 9.35. The molecule has 1 saturated carbocycles. The van der Waals surface area contributed by atoms with Gasteiger partial charge in [-0.05, 0) is 65.6 Å². The molecule has 1 aliphatic rings. The number of fused-ring (bicyclic) bond motifs is 1. The van der Waals surface area contributed by atoms with Gasteiger partial charge in [-0.2, -0.15) is 0 Å². The van der Waals surface area contributed by atoms with E-state index >= 15 is 0 Å². The second kappa shape index (κ2) is 9.13. The van der Waals surface area contributed by atoms with E-state index in [1.54, 1.807) is 6.20 Å². The molecule has 2 heterocycles. The molecule has 1 amide bonds. The predicted molar refractivity (Wildman–Crippen MR) is 122 cm³/mol. The Morgan fingerprint density at radius 3 is 2.76 bits per heavy atom. The van der Waals surface area contributed by atoms with Crippen LogP contribution in [0.4, 0.5) is 0 Å². The minimum Gasteiger partial charge on any atom is -0.457 e. The normalized spacial score (nSPS) is 15.9. The maximum Gasteiger partial charge on any atom is 0.237 e. The molecular formula is C22H25IN4O2. The predicted octanol–water partition coefficient (Wildman–Crippen LogP) is 4.28. The van der Waals surface area contributed by atoms with E-state index in [9.17, 15) is 4.79 Å². The number of benzene rings is 1. The van der Waals surface area contributed by atoms with Crippen LogP contribution < -0.4 is 15.8 Å². The highest BCUT2D eigenvalue weighted by atomic mass is 127. The number of rotatable bonds is 6. The lowest BCUT2D eigenvalue weighted by molar-refractivity contribution is -0.123. The molecule has 4 rings (SSSR count). The highest BCUT2D eigenvalue weighted by Gasteiger charge is 2.20. The van der Waals surface area contributed by atoms with Crippen LogP contribution in [0.1, 0.15) is 37.7 Å². The Bertz CT molecular complexity index is 980. The first kappa shape index (κ1) is 20.2. The van der Waals surface area contributed by atoms with Crippen LogP contribution in [0.15, 0.2) is 42.7 Å². The van der Waals surface area contributed by atoms with Gasteiger partial charge in [-0.3, -0.25) is 4.79 Å². The lowest BCUT2D eigenvalue weighted by Crippen LogP contribution is -2.46. The third kappa shape index (κ3) is 4.90. The summed E-state index contributed by atoms with van der Waals surface area (Å²) >= 11 is 2.26. The number of carbonyl (C=O) groups excluding carboxylic acids is 1. The van der Waals surface area contributed by atoms with E-state index < -0.39 is 6.04 Å². The molecule has 3 aromatic rings. The van der Waals surface area contributed by atoms with E-state index in [4.69, 9.17) is 10.5 Å². The van der Waals surface area contributed by atoms with Crippen molar-refractivity contribution >= 4 is 39.5 Å². The fourth-order valence-corrected chi connectivity index (χ4v) is 4.47. The van der Waals surface area contributed by atoms with Crippen LogP contribution >= 0.6 is 22.6 Å². The average molecular weight is 504 g/mol. The number of H-pyrrole nitrogens is 1. The first-order chi connectivity index (χ1) is 14.1. The van der Waals surface area contributed by atoms with Crippen LogP contribution in [-0.4, -0.2) is 28.0 Å². The van der Waals surface area contributed by atoms with Gasteiger partial charge in [0.05, 0.1) is 11.4 Å². The van der Waals surface area contributed by atoms with Crippen LogP contribution in [0, 0.1) is 3.57 Å². The Morgan fingerprint density at radius 2 is 2.00 bits per heavy atom. The van der Waals surface area contributed by atoms with Crippen LogP contribution in [0.2, 0.25) is 0 Å². The smallest absolute Gasteiger partial charge is 0.237 e. The zero-order chi connectivity index (χ0) is 20.2. The van der Waals surface area contributed by atoms with E-state index in [0.717, 1.165) is 44.5 Å². The zero-order valence-corrected chi connectivity index (χ0v) is 18.3. The maximum absolute atomic E-state index is 12.4. The monoisotopic (exact) mass is 504 g/mol. The van der Waals surface area contributed by atoms with Crippen molar-refractivity contribution in [2.24, 2.45) is 5.73 Å². The van der Waals surface area contributed by atoms with Gasteiger partial charge in [0.25, 0.3) is 0 Å². The standard InChI is InChI=1S/C22H25IN4O2/c23-17-13-26-21-20(17)19(10-11-25-21)29-16-8-6-14(7-9-16)12-18(24)22(28)27-15-4-2-1-3-5-15/h6-11,13,15,18H,1-5,12,24H2,(H,25,26)(H,27,28). The van der Waals surface area contributed by atoms with Gasteiger partial charge in [-0.15, -0.1) is 0 Å². The van der Waals surface area contributed by atoms with Gasteiger partial charge in [-0.25, -0.2) is 4.98 Å². The number of aromatic amines is 1. The molecule has 1 fully saturated rings. The van der Waals surface area contributed by atoms with Gasteiger partial charge < -0.3 is 20.8 Å². The first-order valence-electron chi connectivity index (χ1n) is 10.0. The van der Waals surface area contributed by atoms with Gasteiger partial charge in [0, 0.05) is 22.0 Å². The van der Waals surface area contributed by atoms with Crippen molar-refractivity contribution in [3.05, 3.63) is 51.9 Å². The third-order valence-electron chi connectivity index (χ3n) is 5.38. The summed E-state index contributed by atoms with van der Waals surface area (Å²) < 4.78 is 7.13. The number of amides is 1. The van der Waals surface area contributed by atoms with Crippen molar-refractivity contribution < 1.29 is 9.53 Å². The molecule has 1 unspecified atom stereocenters. The van der Waals surface area contributed by atoms with Crippen LogP contribution in [0.3, 0.4) is 0 Å². The van der Waals surface area contributed by atoms with Crippen molar-refractivity contribution in [2.45, 2.75) is 50.6 Å². The molecule has 29 heavy (non-hydrogen) atoms. The highest BCUT2D eigenvalue weighted by Crippen LogP contribution is 2.32. The minimum atomic E-state index is -0.537. The Morgan fingerprint density at radius 1 is 1.24 bits per heavy atom. The Kier molecular flexibility index (Phi) is 6.34. The van der Waals surface area contributed by atoms with E-state index in [0.29, 0.717) is 6.42 Å². The number of ether oxygens (including phenoxy) is 1. The molecule has 0 bridgehead atoms. The molecule has 1 aromatic carbocycles. The molecular weight excluding hydrogens is 479 g/mol. The van der Waals surface area contributed by atoms with Crippen molar-refractivity contribution in [1.82, 2.24) is 15.3 Å². The number of nitrogens with two attached hydrogens (primary N) is 1. The number of nitrogens with zero attached hydrogens (tertiary/aromatic N) is 1. The molecule has 1 aliphatic carbocycles. The van der Waals surface area contributed by atoms with E-state index in [-0.39, 0.29) is 11.9 Å². The molecule has 0 radical (unpaired) electrons. The van der Waals surface area contributed by atoms with Gasteiger partial charge in [0.1, 0.15) is 17.1 Å². The quantitative estimate of drug-likeness (QED) is 0.437. The summed E-state index contributed by atoms with van der Waals surface area (Å²) in [7, 11) is 0. The van der Waals surface area contributed by atoms with E-state index in [1.807, 2.05) is 36.5 Å². The summed E-state index contributed by atoms with van der Waals surface area (Å²) in [5, 5.41) is 4.08. The summed E-state index contributed by atoms with van der Waals surface area (Å²) in [4.78, 5) is 19.8. The second-order valence-corrected chi connectivity index (χ2v) is 8.73. The lowest BCUT2D eigenvalue weighted by atomic mass is 9.95. The number of carbonyl (C=O) groups is 1. The molecule has 4 N–H and O–H groups in total. The van der Waals surface area contributed by atoms with Gasteiger partial charge >= 0.3 is 0 Å². The summed E-state index contributed by atoms with van der Waals surface area (Å²) in [5.74, 6) is 1.44. The molecule has 0 saturated heterocycles. The largest absolute Gasteiger partial charge is 0.457 e. The van der Waals surface area contributed by atoms with Crippen molar-refractivity contribution in [3.8, 4) is 11.5 Å². The number of hydrogen-bond donors (Lipinski definition) is 3. The molecule has 2 aromatic heterocycles. The topological polar surface area (TPSA) is 93.0 Å². The second-order valence-electron chi connectivity index (χ2n) is 7.57. The number of nitrogens with one attached hydrogen (secondary N) is 2. The van der Waals surface area contributed by atoms with Gasteiger partial charge in [-0.1, -0.05) is 31.4 Å². The minimum absolute atomic E-state index is 0.0570. The number of aromatic nitrogens is 2. The first-order valence-corrected chi connectivity index (χ1v) is 11.1. The Hall–Kier alpha value is -2.13. The SMILES string of the molecule is NC(Cc1ccc(Oc2ccnc3[nH]cc(I)c23)cc1)C(=O)NC1CCCCC1. The molecule has 6 nitrogen and oxygen atoms in total. The zero-order valence-electron chi connectivity index (χ0n) is 16.2. The number of halogens is 1. The van der Waals surface area contributed by atoms with Crippen LogP contribution in [0.5, 0.6) is 11.5 Å². The van der Waals surface area contributed by atoms with Crippen molar-refractivity contribution in [2.75, 3.05) is 0 Å². The van der Waals surface area contributed by atoms with E-state index in [2.05, 4.69) is 37.9 Å². The Labute approximate surface area is 183 Å². The van der Waals surface area contributed by atoms with Crippen molar-refractivity contribution in [1.29, 1.82) is 0 Å².